The first-order valence-corrected chi connectivity index (χ1v) is 10.4. The second-order valence-corrected chi connectivity index (χ2v) is 8.19. The van der Waals surface area contributed by atoms with E-state index < -0.39 is 6.10 Å². The first-order valence-electron chi connectivity index (χ1n) is 9.19. The van der Waals surface area contributed by atoms with Gasteiger partial charge in [0.1, 0.15) is 16.1 Å². The Labute approximate surface area is 172 Å². The molecule has 1 atom stereocenters. The Bertz CT molecular complexity index is 968. The highest BCUT2D eigenvalue weighted by atomic mass is 35.5. The Hall–Kier alpha value is -2.38. The number of nitrogens with zero attached hydrogens (tertiary/aromatic N) is 4. The molecule has 0 N–H and O–H groups in total. The van der Waals surface area contributed by atoms with Gasteiger partial charge >= 0.3 is 0 Å². The number of amides is 1. The molecule has 0 aliphatic carbocycles. The van der Waals surface area contributed by atoms with E-state index in [1.165, 1.54) is 0 Å². The third-order valence-electron chi connectivity index (χ3n) is 4.76. The number of hydrogen-bond donors (Lipinski definition) is 0. The molecule has 2 aromatic heterocycles. The van der Waals surface area contributed by atoms with Crippen LogP contribution in [0.3, 0.4) is 0 Å². The van der Waals surface area contributed by atoms with E-state index in [2.05, 4.69) is 14.9 Å². The molecule has 0 saturated carbocycles. The van der Waals surface area contributed by atoms with Crippen molar-refractivity contribution in [3.8, 4) is 5.75 Å². The van der Waals surface area contributed by atoms with Crippen molar-refractivity contribution in [3.05, 3.63) is 47.1 Å². The van der Waals surface area contributed by atoms with Crippen molar-refractivity contribution in [2.75, 3.05) is 31.1 Å². The van der Waals surface area contributed by atoms with Crippen molar-refractivity contribution in [1.82, 2.24) is 14.9 Å². The summed E-state index contributed by atoms with van der Waals surface area (Å²) in [6, 6.07) is 9.42. The molecule has 1 amide bonds. The number of piperazine rings is 1. The minimum atomic E-state index is -0.586. The molecule has 1 fully saturated rings. The fraction of sp³-hybridized carbons (Fsp3) is 0.350. The summed E-state index contributed by atoms with van der Waals surface area (Å²) in [5.74, 6) is 0.520. The largest absolute Gasteiger partial charge is 0.479 e. The topological polar surface area (TPSA) is 58.6 Å². The SMILES string of the molecule is Cc1ccc(Cl)c(OC(C)C(=O)N2CCN(c3nc4cccnc4s3)CC2)c1. The number of aromatic nitrogens is 2. The number of ether oxygens (including phenoxy) is 1. The molecule has 1 unspecified atom stereocenters. The number of pyridine rings is 1. The normalized spacial score (nSPS) is 15.7. The number of hydrogen-bond acceptors (Lipinski definition) is 6. The van der Waals surface area contributed by atoms with Crippen LogP contribution in [0.5, 0.6) is 5.75 Å². The van der Waals surface area contributed by atoms with Crippen LogP contribution in [0.2, 0.25) is 5.02 Å². The standard InChI is InChI=1S/C20H21ClN4O2S/c1-13-5-6-15(21)17(12-13)27-14(2)19(26)24-8-10-25(11-9-24)20-23-16-4-3-7-22-18(16)28-20/h3-7,12,14H,8-11H2,1-2H3. The molecule has 1 aliphatic rings. The lowest BCUT2D eigenvalue weighted by Crippen LogP contribution is -2.52. The van der Waals surface area contributed by atoms with Gasteiger partial charge in [0.2, 0.25) is 0 Å². The van der Waals surface area contributed by atoms with Gasteiger partial charge < -0.3 is 14.5 Å². The molecule has 1 aromatic carbocycles. The van der Waals surface area contributed by atoms with Crippen LogP contribution in [0.15, 0.2) is 36.5 Å². The lowest BCUT2D eigenvalue weighted by Gasteiger charge is -2.35. The van der Waals surface area contributed by atoms with Gasteiger partial charge in [-0.2, -0.15) is 0 Å². The third-order valence-corrected chi connectivity index (χ3v) is 6.11. The number of halogens is 1. The highest BCUT2D eigenvalue weighted by Gasteiger charge is 2.27. The first kappa shape index (κ1) is 19.0. The first-order chi connectivity index (χ1) is 13.5. The van der Waals surface area contributed by atoms with Gasteiger partial charge in [-0.15, -0.1) is 0 Å². The summed E-state index contributed by atoms with van der Waals surface area (Å²) >= 11 is 7.77. The molecule has 0 bridgehead atoms. The second-order valence-electron chi connectivity index (χ2n) is 6.83. The van der Waals surface area contributed by atoms with Crippen molar-refractivity contribution in [3.63, 3.8) is 0 Å². The fourth-order valence-electron chi connectivity index (χ4n) is 3.21. The minimum absolute atomic E-state index is 0.0248. The van der Waals surface area contributed by atoms with Gasteiger partial charge in [-0.3, -0.25) is 4.79 Å². The van der Waals surface area contributed by atoms with E-state index in [4.69, 9.17) is 16.3 Å². The molecule has 146 valence electrons. The van der Waals surface area contributed by atoms with Crippen LogP contribution >= 0.6 is 22.9 Å². The molecule has 0 radical (unpaired) electrons. The number of rotatable bonds is 4. The van der Waals surface area contributed by atoms with Crippen molar-refractivity contribution >= 4 is 44.3 Å². The predicted molar refractivity (Wildman–Crippen MR) is 112 cm³/mol. The van der Waals surface area contributed by atoms with E-state index in [1.54, 1.807) is 30.5 Å². The minimum Gasteiger partial charge on any atom is -0.479 e. The van der Waals surface area contributed by atoms with E-state index in [-0.39, 0.29) is 5.91 Å². The molecule has 1 saturated heterocycles. The predicted octanol–water partition coefficient (Wildman–Crippen LogP) is 3.77. The van der Waals surface area contributed by atoms with Crippen LogP contribution in [-0.2, 0) is 4.79 Å². The second kappa shape index (κ2) is 7.93. The Morgan fingerprint density at radius 1 is 1.25 bits per heavy atom. The maximum Gasteiger partial charge on any atom is 0.263 e. The number of aryl methyl sites for hydroxylation is 1. The van der Waals surface area contributed by atoms with Crippen LogP contribution in [0.4, 0.5) is 5.13 Å². The van der Waals surface area contributed by atoms with Gasteiger partial charge in [-0.25, -0.2) is 9.97 Å². The molecule has 8 heteroatoms. The van der Waals surface area contributed by atoms with Gasteiger partial charge in [0, 0.05) is 32.4 Å². The van der Waals surface area contributed by atoms with Gasteiger partial charge in [0.15, 0.2) is 11.2 Å². The summed E-state index contributed by atoms with van der Waals surface area (Å²) in [6.07, 6.45) is 1.19. The average molecular weight is 417 g/mol. The van der Waals surface area contributed by atoms with Crippen molar-refractivity contribution in [2.24, 2.45) is 0 Å². The molecule has 28 heavy (non-hydrogen) atoms. The van der Waals surface area contributed by atoms with Crippen LogP contribution in [0.25, 0.3) is 10.3 Å². The maximum absolute atomic E-state index is 12.8. The molecule has 3 aromatic rings. The summed E-state index contributed by atoms with van der Waals surface area (Å²) < 4.78 is 5.84. The van der Waals surface area contributed by atoms with Crippen LogP contribution in [-0.4, -0.2) is 53.1 Å². The Morgan fingerprint density at radius 3 is 2.79 bits per heavy atom. The number of fused-ring (bicyclic) bond motifs is 1. The van der Waals surface area contributed by atoms with Crippen molar-refractivity contribution in [1.29, 1.82) is 0 Å². The van der Waals surface area contributed by atoms with E-state index in [1.807, 2.05) is 36.1 Å². The quantitative estimate of drug-likeness (QED) is 0.648. The molecule has 1 aliphatic heterocycles. The number of carbonyl (C=O) groups excluding carboxylic acids is 1. The number of carbonyl (C=O) groups is 1. The van der Waals surface area contributed by atoms with Crippen LogP contribution in [0, 0.1) is 6.92 Å². The maximum atomic E-state index is 12.8. The zero-order valence-electron chi connectivity index (χ0n) is 15.8. The third kappa shape index (κ3) is 3.91. The highest BCUT2D eigenvalue weighted by molar-refractivity contribution is 7.21. The zero-order valence-corrected chi connectivity index (χ0v) is 17.3. The lowest BCUT2D eigenvalue weighted by atomic mass is 10.2. The van der Waals surface area contributed by atoms with E-state index in [0.717, 1.165) is 34.1 Å². The number of benzene rings is 1. The summed E-state index contributed by atoms with van der Waals surface area (Å²) in [7, 11) is 0. The molecular formula is C20H21ClN4O2S. The summed E-state index contributed by atoms with van der Waals surface area (Å²) in [5.41, 5.74) is 1.95. The summed E-state index contributed by atoms with van der Waals surface area (Å²) in [4.78, 5) is 26.8. The molecular weight excluding hydrogens is 396 g/mol. The number of thiazole rings is 1. The smallest absolute Gasteiger partial charge is 0.263 e. The van der Waals surface area contributed by atoms with Gasteiger partial charge in [0.05, 0.1) is 5.02 Å². The lowest BCUT2D eigenvalue weighted by molar-refractivity contribution is -0.138. The molecule has 6 nitrogen and oxygen atoms in total. The zero-order chi connectivity index (χ0) is 19.7. The van der Waals surface area contributed by atoms with Crippen LogP contribution in [0.1, 0.15) is 12.5 Å². The number of anilines is 1. The van der Waals surface area contributed by atoms with Crippen molar-refractivity contribution in [2.45, 2.75) is 20.0 Å². The molecule has 4 rings (SSSR count). The van der Waals surface area contributed by atoms with E-state index >= 15 is 0 Å². The van der Waals surface area contributed by atoms with E-state index in [9.17, 15) is 4.79 Å². The van der Waals surface area contributed by atoms with Gasteiger partial charge in [-0.1, -0.05) is 29.0 Å². The monoisotopic (exact) mass is 416 g/mol. The average Bonchev–Trinajstić information content (AvgIpc) is 3.14. The van der Waals surface area contributed by atoms with E-state index in [0.29, 0.717) is 23.9 Å². The van der Waals surface area contributed by atoms with Gasteiger partial charge in [0.25, 0.3) is 5.91 Å². The van der Waals surface area contributed by atoms with Crippen molar-refractivity contribution < 1.29 is 9.53 Å². The summed E-state index contributed by atoms with van der Waals surface area (Å²) in [6.45, 7) is 6.49. The summed E-state index contributed by atoms with van der Waals surface area (Å²) in [5, 5.41) is 1.47. The Kier molecular flexibility index (Phi) is 5.37. The molecule has 3 heterocycles. The van der Waals surface area contributed by atoms with Crippen LogP contribution < -0.4 is 9.64 Å². The fourth-order valence-corrected chi connectivity index (χ4v) is 4.33. The van der Waals surface area contributed by atoms with Gasteiger partial charge in [-0.05, 0) is 43.7 Å². The Morgan fingerprint density at radius 2 is 2.04 bits per heavy atom. The Balaban J connectivity index is 1.37. The highest BCUT2D eigenvalue weighted by Crippen LogP contribution is 2.29. The molecule has 0 spiro atoms.